The van der Waals surface area contributed by atoms with E-state index in [1.807, 2.05) is 0 Å². The first-order valence-electron chi connectivity index (χ1n) is 5.82. The number of aliphatic hydroxyl groups excluding tert-OH is 2. The number of aromatic nitrogens is 2. The van der Waals surface area contributed by atoms with Crippen molar-refractivity contribution in [2.24, 2.45) is 0 Å². The first-order valence-corrected chi connectivity index (χ1v) is 5.82. The monoisotopic (exact) mass is 273 g/mol. The molecule has 2 heterocycles. The molecule has 4 atom stereocenters. The molecule has 19 heavy (non-hydrogen) atoms. The quantitative estimate of drug-likeness (QED) is 0.671. The average Bonchev–Trinajstić information content (AvgIpc) is 2.61. The summed E-state index contributed by atoms with van der Waals surface area (Å²) in [6.45, 7) is 0.588. The summed E-state index contributed by atoms with van der Waals surface area (Å²) in [4.78, 5) is 15.5. The maximum absolute atomic E-state index is 14.5. The van der Waals surface area contributed by atoms with Crippen molar-refractivity contribution in [2.75, 3.05) is 19.0 Å². The minimum atomic E-state index is -2.19. The molecular formula is C11H16FN3O4. The number of hydrogen-bond donors (Lipinski definition) is 3. The molecule has 0 bridgehead atoms. The third-order valence-electron chi connectivity index (χ3n) is 3.24. The predicted molar refractivity (Wildman–Crippen MR) is 64.6 cm³/mol. The van der Waals surface area contributed by atoms with Gasteiger partial charge in [-0.2, -0.15) is 4.98 Å². The predicted octanol–water partition coefficient (Wildman–Crippen LogP) is -0.736. The van der Waals surface area contributed by atoms with E-state index < -0.39 is 36.4 Å². The Balaban J connectivity index is 2.39. The lowest BCUT2D eigenvalue weighted by atomic mass is 9.98. The van der Waals surface area contributed by atoms with Gasteiger partial charge in [0.1, 0.15) is 18.0 Å². The number of ether oxygens (including phenoxy) is 1. The van der Waals surface area contributed by atoms with Gasteiger partial charge in [-0.05, 0) is 13.0 Å². The molecule has 7 nitrogen and oxygen atoms in total. The number of nitrogens with one attached hydrogen (secondary N) is 1. The number of halogens is 1. The van der Waals surface area contributed by atoms with Gasteiger partial charge >= 0.3 is 5.69 Å². The Hall–Kier alpha value is -1.51. The van der Waals surface area contributed by atoms with Crippen molar-refractivity contribution in [3.05, 3.63) is 22.7 Å². The van der Waals surface area contributed by atoms with Crippen molar-refractivity contribution in [1.82, 2.24) is 9.55 Å². The van der Waals surface area contributed by atoms with Crippen LogP contribution in [-0.4, -0.2) is 51.3 Å². The van der Waals surface area contributed by atoms with Crippen LogP contribution in [0, 0.1) is 0 Å². The molecule has 0 aliphatic carbocycles. The van der Waals surface area contributed by atoms with Crippen LogP contribution in [-0.2, 0) is 4.74 Å². The lowest BCUT2D eigenvalue weighted by Gasteiger charge is -2.24. The molecule has 106 valence electrons. The Labute approximate surface area is 108 Å². The molecule has 0 aromatic carbocycles. The van der Waals surface area contributed by atoms with E-state index in [4.69, 9.17) is 9.84 Å². The summed E-state index contributed by atoms with van der Waals surface area (Å²) in [6, 6.07) is 1.49. The molecule has 1 aliphatic heterocycles. The van der Waals surface area contributed by atoms with E-state index in [0.29, 0.717) is 5.82 Å². The number of hydrogen-bond acceptors (Lipinski definition) is 6. The molecule has 1 aromatic rings. The molecule has 3 N–H and O–H groups in total. The summed E-state index contributed by atoms with van der Waals surface area (Å²) in [5.41, 5.74) is -2.90. The van der Waals surface area contributed by atoms with E-state index in [1.54, 1.807) is 7.05 Å². The summed E-state index contributed by atoms with van der Waals surface area (Å²) >= 11 is 0. The zero-order chi connectivity index (χ0) is 14.2. The molecule has 2 rings (SSSR count). The lowest BCUT2D eigenvalue weighted by molar-refractivity contribution is -0.0610. The second kappa shape index (κ2) is 4.87. The second-order valence-electron chi connectivity index (χ2n) is 4.56. The first-order chi connectivity index (χ1) is 8.91. The Morgan fingerprint density at radius 2 is 2.37 bits per heavy atom. The molecule has 0 saturated carbocycles. The Kier molecular flexibility index (Phi) is 3.57. The first kappa shape index (κ1) is 13.9. The van der Waals surface area contributed by atoms with Crippen LogP contribution in [0.4, 0.5) is 10.2 Å². The molecule has 1 aliphatic rings. The van der Waals surface area contributed by atoms with Crippen molar-refractivity contribution in [2.45, 2.75) is 31.0 Å². The molecule has 0 radical (unpaired) electrons. The van der Waals surface area contributed by atoms with E-state index in [9.17, 15) is 14.3 Å². The number of rotatable bonds is 3. The number of anilines is 1. The van der Waals surface area contributed by atoms with Gasteiger partial charge in [0.2, 0.25) is 0 Å². The third kappa shape index (κ3) is 2.22. The van der Waals surface area contributed by atoms with E-state index >= 15 is 0 Å². The highest BCUT2D eigenvalue weighted by atomic mass is 19.1. The molecular weight excluding hydrogens is 257 g/mol. The maximum atomic E-state index is 14.5. The number of alkyl halides is 1. The van der Waals surface area contributed by atoms with Crippen LogP contribution in [0.1, 0.15) is 13.2 Å². The molecule has 1 fully saturated rings. The van der Waals surface area contributed by atoms with E-state index in [1.165, 1.54) is 12.3 Å². The van der Waals surface area contributed by atoms with Crippen LogP contribution in [0.25, 0.3) is 0 Å². The van der Waals surface area contributed by atoms with Crippen molar-refractivity contribution >= 4 is 5.82 Å². The van der Waals surface area contributed by atoms with Gasteiger partial charge in [-0.1, -0.05) is 0 Å². The van der Waals surface area contributed by atoms with Gasteiger partial charge in [0, 0.05) is 13.2 Å². The Bertz CT molecular complexity index is 519. The van der Waals surface area contributed by atoms with Crippen molar-refractivity contribution in [3.63, 3.8) is 0 Å². The minimum absolute atomic E-state index is 0.346. The van der Waals surface area contributed by atoms with Crippen molar-refractivity contribution < 1.29 is 19.3 Å². The zero-order valence-electron chi connectivity index (χ0n) is 10.6. The standard InChI is InChI=1S/C11H16FN3O4/c1-11(12)8(17)6(5-16)19-9(11)15-4-3-7(13-2)14-10(15)18/h3-4,6,8-9,16-17H,5H2,1-2H3,(H,13,14,18). The van der Waals surface area contributed by atoms with Gasteiger partial charge in [0.15, 0.2) is 11.9 Å². The van der Waals surface area contributed by atoms with Gasteiger partial charge in [-0.15, -0.1) is 0 Å². The van der Waals surface area contributed by atoms with E-state index in [-0.39, 0.29) is 0 Å². The van der Waals surface area contributed by atoms with Gasteiger partial charge in [0.25, 0.3) is 0 Å². The van der Waals surface area contributed by atoms with Crippen LogP contribution in [0.5, 0.6) is 0 Å². The molecule has 0 amide bonds. The third-order valence-corrected chi connectivity index (χ3v) is 3.24. The fourth-order valence-electron chi connectivity index (χ4n) is 2.09. The average molecular weight is 273 g/mol. The highest BCUT2D eigenvalue weighted by molar-refractivity contribution is 5.30. The van der Waals surface area contributed by atoms with Crippen molar-refractivity contribution in [1.29, 1.82) is 0 Å². The van der Waals surface area contributed by atoms with Gasteiger partial charge < -0.3 is 20.3 Å². The molecule has 8 heteroatoms. The highest BCUT2D eigenvalue weighted by Crippen LogP contribution is 2.40. The summed E-state index contributed by atoms with van der Waals surface area (Å²) in [5.74, 6) is 0.346. The Morgan fingerprint density at radius 1 is 1.68 bits per heavy atom. The van der Waals surface area contributed by atoms with Gasteiger partial charge in [0.05, 0.1) is 6.61 Å². The van der Waals surface area contributed by atoms with Crippen LogP contribution in [0.2, 0.25) is 0 Å². The summed E-state index contributed by atoms with van der Waals surface area (Å²) in [6.07, 6.45) is -2.59. The summed E-state index contributed by atoms with van der Waals surface area (Å²) in [7, 11) is 1.60. The van der Waals surface area contributed by atoms with Gasteiger partial charge in [-0.25, -0.2) is 9.18 Å². The van der Waals surface area contributed by atoms with E-state index in [0.717, 1.165) is 11.5 Å². The van der Waals surface area contributed by atoms with Crippen LogP contribution in [0.3, 0.4) is 0 Å². The topological polar surface area (TPSA) is 96.6 Å². The number of aliphatic hydroxyl groups is 2. The minimum Gasteiger partial charge on any atom is -0.394 e. The SMILES string of the molecule is CNc1ccn(C2OC(CO)C(O)C2(C)F)c(=O)n1. The lowest BCUT2D eigenvalue weighted by Crippen LogP contribution is -2.42. The highest BCUT2D eigenvalue weighted by Gasteiger charge is 2.55. The zero-order valence-corrected chi connectivity index (χ0v) is 10.6. The summed E-state index contributed by atoms with van der Waals surface area (Å²) < 4.78 is 20.6. The molecule has 1 aromatic heterocycles. The molecule has 4 unspecified atom stereocenters. The molecule has 1 saturated heterocycles. The van der Waals surface area contributed by atoms with E-state index in [2.05, 4.69) is 10.3 Å². The smallest absolute Gasteiger partial charge is 0.351 e. The van der Waals surface area contributed by atoms with Gasteiger partial charge in [-0.3, -0.25) is 4.57 Å². The fourth-order valence-corrected chi connectivity index (χ4v) is 2.09. The summed E-state index contributed by atoms with van der Waals surface area (Å²) in [5, 5.41) is 21.4. The fraction of sp³-hybridized carbons (Fsp3) is 0.636. The number of nitrogens with zero attached hydrogens (tertiary/aromatic N) is 2. The van der Waals surface area contributed by atoms with Crippen molar-refractivity contribution in [3.8, 4) is 0 Å². The van der Waals surface area contributed by atoms with Crippen LogP contribution >= 0.6 is 0 Å². The maximum Gasteiger partial charge on any atom is 0.351 e. The van der Waals surface area contributed by atoms with Crippen LogP contribution < -0.4 is 11.0 Å². The Morgan fingerprint density at radius 3 is 2.84 bits per heavy atom. The normalized spacial score (nSPS) is 34.5. The van der Waals surface area contributed by atoms with Crippen LogP contribution in [0.15, 0.2) is 17.1 Å². The largest absolute Gasteiger partial charge is 0.394 e. The molecule has 0 spiro atoms. The second-order valence-corrected chi connectivity index (χ2v) is 4.56.